The summed E-state index contributed by atoms with van der Waals surface area (Å²) in [5, 5.41) is 12.3. The average Bonchev–Trinajstić information content (AvgIpc) is 3.00. The number of benzene rings is 1. The predicted molar refractivity (Wildman–Crippen MR) is 132 cm³/mol. The van der Waals surface area contributed by atoms with Gasteiger partial charge in [-0.1, -0.05) is 18.2 Å². The lowest BCUT2D eigenvalue weighted by Gasteiger charge is -2.64. The molecule has 2 bridgehead atoms. The molecule has 2 aliphatic carbocycles. The first-order valence-electron chi connectivity index (χ1n) is 12.8. The largest absolute Gasteiger partial charge is 0.463 e. The van der Waals surface area contributed by atoms with E-state index in [-0.39, 0.29) is 19.3 Å². The lowest BCUT2D eigenvalue weighted by Crippen LogP contribution is -2.80. The van der Waals surface area contributed by atoms with E-state index in [1.165, 1.54) is 20.8 Å². The minimum Gasteiger partial charge on any atom is -0.463 e. The molecule has 4 rings (SSSR count). The van der Waals surface area contributed by atoms with Gasteiger partial charge < -0.3 is 28.8 Å². The van der Waals surface area contributed by atoms with Gasteiger partial charge in [-0.05, 0) is 52.2 Å². The smallest absolute Gasteiger partial charge is 0.338 e. The Labute approximate surface area is 221 Å². The molecule has 0 aromatic heterocycles. The fourth-order valence-corrected chi connectivity index (χ4v) is 6.97. The van der Waals surface area contributed by atoms with Crippen molar-refractivity contribution in [3.05, 3.63) is 35.9 Å². The third kappa shape index (κ3) is 4.27. The van der Waals surface area contributed by atoms with Crippen LogP contribution in [-0.4, -0.2) is 70.7 Å². The van der Waals surface area contributed by atoms with Crippen LogP contribution in [0, 0.1) is 11.3 Å². The Morgan fingerprint density at radius 1 is 0.921 bits per heavy atom. The normalized spacial score (nSPS) is 36.9. The van der Waals surface area contributed by atoms with E-state index < -0.39 is 76.9 Å². The molecule has 38 heavy (non-hydrogen) atoms. The zero-order valence-corrected chi connectivity index (χ0v) is 22.6. The van der Waals surface area contributed by atoms with Gasteiger partial charge in [-0.2, -0.15) is 0 Å². The van der Waals surface area contributed by atoms with Crippen molar-refractivity contribution in [1.29, 1.82) is 0 Å². The molecule has 3 fully saturated rings. The van der Waals surface area contributed by atoms with Crippen LogP contribution in [0.3, 0.4) is 0 Å². The molecule has 1 heterocycles. The van der Waals surface area contributed by atoms with E-state index in [0.717, 1.165) is 0 Å². The van der Waals surface area contributed by atoms with Crippen molar-refractivity contribution in [2.24, 2.45) is 11.3 Å². The molecule has 10 heteroatoms. The second kappa shape index (κ2) is 9.64. The highest BCUT2D eigenvalue weighted by atomic mass is 16.6. The monoisotopic (exact) mass is 532 g/mol. The van der Waals surface area contributed by atoms with E-state index in [1.807, 2.05) is 13.8 Å². The topological polar surface area (TPSA) is 135 Å². The van der Waals surface area contributed by atoms with E-state index in [1.54, 1.807) is 37.3 Å². The summed E-state index contributed by atoms with van der Waals surface area (Å²) < 4.78 is 29.9. The summed E-state index contributed by atoms with van der Waals surface area (Å²) in [5.41, 5.74) is -5.65. The van der Waals surface area contributed by atoms with Gasteiger partial charge in [0.15, 0.2) is 5.60 Å². The van der Waals surface area contributed by atoms with Crippen LogP contribution in [0.1, 0.15) is 71.2 Å². The predicted octanol–water partition coefficient (Wildman–Crippen LogP) is 2.74. The third-order valence-electron chi connectivity index (χ3n) is 8.57. The zero-order valence-electron chi connectivity index (χ0n) is 22.6. The number of fused-ring (bicyclic) bond motifs is 1. The first-order valence-corrected chi connectivity index (χ1v) is 12.8. The number of hydrogen-bond acceptors (Lipinski definition) is 10. The van der Waals surface area contributed by atoms with Crippen molar-refractivity contribution < 1.29 is 48.0 Å². The van der Waals surface area contributed by atoms with Gasteiger partial charge in [-0.15, -0.1) is 0 Å². The summed E-state index contributed by atoms with van der Waals surface area (Å²) in [6.07, 6.45) is -2.43. The van der Waals surface area contributed by atoms with E-state index >= 15 is 0 Å². The van der Waals surface area contributed by atoms with Crippen molar-refractivity contribution in [3.8, 4) is 0 Å². The Balaban J connectivity index is 1.91. The maximum Gasteiger partial charge on any atom is 0.338 e. The van der Waals surface area contributed by atoms with Gasteiger partial charge in [0, 0.05) is 26.7 Å². The average molecular weight is 533 g/mol. The molecule has 1 aromatic rings. The summed E-state index contributed by atoms with van der Waals surface area (Å²) in [7, 11) is 0. The Bertz CT molecular complexity index is 1120. The summed E-state index contributed by atoms with van der Waals surface area (Å²) in [4.78, 5) is 49.8. The van der Waals surface area contributed by atoms with Crippen LogP contribution < -0.4 is 0 Å². The van der Waals surface area contributed by atoms with E-state index in [2.05, 4.69) is 0 Å². The molecule has 2 saturated carbocycles. The van der Waals surface area contributed by atoms with Gasteiger partial charge in [0.05, 0.1) is 16.6 Å². The molecular formula is C28H36O10. The standard InChI is InChI=1S/C28H36O10/c1-16(29)34-15-27(33)13-12-21(37-24(32)19-10-8-7-9-11-19)26(6)22(35-17(2)30)14-20-23(36-18(3)31)28(26,27)38-25(20,4)5/h7-11,20-23,33H,12-15H2,1-6H3/t20-,21-,22+,23+,26-,27+,28+/m0/s1. The lowest BCUT2D eigenvalue weighted by molar-refractivity contribution is -0.338. The van der Waals surface area contributed by atoms with Crippen LogP contribution in [0.2, 0.25) is 0 Å². The fourth-order valence-electron chi connectivity index (χ4n) is 6.97. The summed E-state index contributed by atoms with van der Waals surface area (Å²) in [6.45, 7) is 8.65. The van der Waals surface area contributed by atoms with Gasteiger partial charge in [0.25, 0.3) is 0 Å². The van der Waals surface area contributed by atoms with Gasteiger partial charge in [-0.25, -0.2) is 4.79 Å². The minimum absolute atomic E-state index is 0.00401. The second-order valence-corrected chi connectivity index (χ2v) is 11.3. The first-order chi connectivity index (χ1) is 17.7. The van der Waals surface area contributed by atoms with Crippen LogP contribution in [0.4, 0.5) is 0 Å². The van der Waals surface area contributed by atoms with E-state index in [4.69, 9.17) is 23.7 Å². The molecule has 0 unspecified atom stereocenters. The Kier molecular flexibility index (Phi) is 7.12. The molecule has 3 aliphatic rings. The summed E-state index contributed by atoms with van der Waals surface area (Å²) in [5.74, 6) is -2.85. The molecule has 0 radical (unpaired) electrons. The molecule has 1 saturated heterocycles. The molecule has 0 amide bonds. The van der Waals surface area contributed by atoms with Crippen molar-refractivity contribution in [3.63, 3.8) is 0 Å². The molecule has 208 valence electrons. The number of rotatable bonds is 6. The van der Waals surface area contributed by atoms with E-state index in [9.17, 15) is 24.3 Å². The molecule has 1 N–H and O–H groups in total. The van der Waals surface area contributed by atoms with Gasteiger partial charge in [0.1, 0.15) is 30.5 Å². The highest BCUT2D eigenvalue weighted by Gasteiger charge is 2.83. The first kappa shape index (κ1) is 28.0. The Morgan fingerprint density at radius 2 is 1.55 bits per heavy atom. The van der Waals surface area contributed by atoms with Crippen LogP contribution in [0.25, 0.3) is 0 Å². The molecule has 1 spiro atoms. The van der Waals surface area contributed by atoms with Gasteiger partial charge in [-0.3, -0.25) is 14.4 Å². The molecule has 1 aromatic carbocycles. The lowest BCUT2D eigenvalue weighted by atomic mass is 9.47. The highest BCUT2D eigenvalue weighted by molar-refractivity contribution is 5.89. The van der Waals surface area contributed by atoms with Gasteiger partial charge in [0.2, 0.25) is 0 Å². The third-order valence-corrected chi connectivity index (χ3v) is 8.57. The molecule has 7 atom stereocenters. The molecular weight excluding hydrogens is 496 g/mol. The summed E-state index contributed by atoms with van der Waals surface area (Å²) >= 11 is 0. The SMILES string of the molecule is CC(=O)OC[C@]1(O)CC[C@H](OC(=O)c2ccccc2)[C@@]2(C)[C@H](OC(C)=O)C[C@H]3[C@@H](OC(C)=O)[C@]12OC3(C)C. The molecule has 10 nitrogen and oxygen atoms in total. The highest BCUT2D eigenvalue weighted by Crippen LogP contribution is 2.68. The quantitative estimate of drug-likeness (QED) is 0.430. The van der Waals surface area contributed by atoms with E-state index in [0.29, 0.717) is 5.56 Å². The summed E-state index contributed by atoms with van der Waals surface area (Å²) in [6, 6.07) is 8.45. The number of esters is 4. The Morgan fingerprint density at radius 3 is 2.13 bits per heavy atom. The number of aliphatic hydroxyl groups is 1. The second-order valence-electron chi connectivity index (χ2n) is 11.3. The number of carbonyl (C=O) groups is 4. The van der Waals surface area contributed by atoms with Crippen LogP contribution in [0.5, 0.6) is 0 Å². The van der Waals surface area contributed by atoms with Crippen molar-refractivity contribution in [2.75, 3.05) is 6.61 Å². The Hall–Kier alpha value is -2.98. The van der Waals surface area contributed by atoms with Crippen LogP contribution >= 0.6 is 0 Å². The molecule has 1 aliphatic heterocycles. The van der Waals surface area contributed by atoms with Gasteiger partial charge >= 0.3 is 23.9 Å². The van der Waals surface area contributed by atoms with Crippen LogP contribution in [-0.2, 0) is 38.1 Å². The zero-order chi connectivity index (χ0) is 28.1. The number of hydrogen-bond donors (Lipinski definition) is 1. The minimum atomic E-state index is -1.87. The fraction of sp³-hybridized carbons (Fsp3) is 0.643. The van der Waals surface area contributed by atoms with Crippen molar-refractivity contribution in [1.82, 2.24) is 0 Å². The van der Waals surface area contributed by atoms with Crippen molar-refractivity contribution >= 4 is 23.9 Å². The maximum atomic E-state index is 13.2. The number of ether oxygens (including phenoxy) is 5. The number of carbonyl (C=O) groups excluding carboxylic acids is 4. The van der Waals surface area contributed by atoms with Crippen molar-refractivity contribution in [2.45, 2.75) is 95.9 Å². The maximum absolute atomic E-state index is 13.2. The van der Waals surface area contributed by atoms with Crippen LogP contribution in [0.15, 0.2) is 30.3 Å².